The fourth-order valence-electron chi connectivity index (χ4n) is 4.04. The first-order chi connectivity index (χ1) is 12.1. The van der Waals surface area contributed by atoms with E-state index in [9.17, 15) is 8.78 Å². The van der Waals surface area contributed by atoms with E-state index < -0.39 is 13.0 Å². The number of fused-ring (bicyclic) bond motifs is 1. The van der Waals surface area contributed by atoms with Crippen LogP contribution in [0.15, 0.2) is 12.1 Å². The van der Waals surface area contributed by atoms with E-state index in [0.29, 0.717) is 5.88 Å². The van der Waals surface area contributed by atoms with Gasteiger partial charge in [-0.05, 0) is 36.8 Å². The maximum Gasteiger partial charge on any atom is 0.272 e. The molecular formula is C20H30F2N2O. The fourth-order valence-corrected chi connectivity index (χ4v) is 4.04. The zero-order valence-electron chi connectivity index (χ0n) is 15.2. The van der Waals surface area contributed by atoms with Crippen LogP contribution in [0.1, 0.15) is 50.3 Å². The number of rotatable bonds is 6. The summed E-state index contributed by atoms with van der Waals surface area (Å²) in [7, 11) is 0. The Kier molecular flexibility index (Phi) is 6.63. The predicted molar refractivity (Wildman–Crippen MR) is 95.3 cm³/mol. The molecule has 5 heteroatoms. The Morgan fingerprint density at radius 3 is 2.68 bits per heavy atom. The number of aromatic nitrogens is 1. The molecule has 0 bridgehead atoms. The molecule has 0 unspecified atom stereocenters. The number of pyridine rings is 1. The first kappa shape index (κ1) is 18.6. The van der Waals surface area contributed by atoms with Crippen molar-refractivity contribution in [1.29, 1.82) is 0 Å². The van der Waals surface area contributed by atoms with Crippen molar-refractivity contribution in [3.05, 3.63) is 23.4 Å². The van der Waals surface area contributed by atoms with E-state index in [0.717, 1.165) is 43.5 Å². The van der Waals surface area contributed by atoms with Gasteiger partial charge in [0, 0.05) is 31.3 Å². The van der Waals surface area contributed by atoms with Crippen LogP contribution in [0.4, 0.5) is 8.78 Å². The Balaban J connectivity index is 1.48. The second kappa shape index (κ2) is 8.93. The number of halogens is 2. The minimum Gasteiger partial charge on any atom is -0.472 e. The molecule has 0 radical (unpaired) electrons. The Morgan fingerprint density at radius 2 is 1.92 bits per heavy atom. The summed E-state index contributed by atoms with van der Waals surface area (Å²) in [6.45, 7) is 5.02. The Labute approximate surface area is 149 Å². The van der Waals surface area contributed by atoms with Crippen molar-refractivity contribution in [1.82, 2.24) is 9.88 Å². The predicted octanol–water partition coefficient (Wildman–Crippen LogP) is 4.34. The second-order valence-corrected chi connectivity index (χ2v) is 7.71. The second-order valence-electron chi connectivity index (χ2n) is 7.71. The first-order valence-electron chi connectivity index (χ1n) is 9.72. The molecule has 0 N–H and O–H groups in total. The zero-order valence-corrected chi connectivity index (χ0v) is 15.2. The molecule has 1 fully saturated rings. The van der Waals surface area contributed by atoms with E-state index in [1.165, 1.54) is 44.2 Å². The Hall–Kier alpha value is -1.23. The van der Waals surface area contributed by atoms with E-state index in [-0.39, 0.29) is 0 Å². The van der Waals surface area contributed by atoms with Gasteiger partial charge in [-0.15, -0.1) is 0 Å². The van der Waals surface area contributed by atoms with Gasteiger partial charge in [0.25, 0.3) is 6.43 Å². The standard InChI is InChI=1S/C20H30F2N2O/c1-15-2-4-16(5-3-15)8-11-24-12-9-17-6-7-20(25-14-19(21)22)23-18(17)10-13-24/h6-7,15-16,19H,2-5,8-14H2,1H3. The fraction of sp³-hybridized carbons (Fsp3) is 0.750. The highest BCUT2D eigenvalue weighted by Crippen LogP contribution is 2.30. The number of alkyl halides is 2. The topological polar surface area (TPSA) is 25.4 Å². The third-order valence-electron chi connectivity index (χ3n) is 5.75. The normalized spacial score (nSPS) is 24.8. The van der Waals surface area contributed by atoms with E-state index in [4.69, 9.17) is 4.74 Å². The van der Waals surface area contributed by atoms with Gasteiger partial charge in [-0.25, -0.2) is 13.8 Å². The largest absolute Gasteiger partial charge is 0.472 e. The minimum absolute atomic E-state index is 0.323. The highest BCUT2D eigenvalue weighted by Gasteiger charge is 2.20. The van der Waals surface area contributed by atoms with Gasteiger partial charge >= 0.3 is 0 Å². The van der Waals surface area contributed by atoms with Crippen molar-refractivity contribution in [2.45, 2.75) is 58.3 Å². The van der Waals surface area contributed by atoms with Gasteiger partial charge < -0.3 is 9.64 Å². The SMILES string of the molecule is CC1CCC(CCN2CCc3ccc(OCC(F)F)nc3CC2)CC1. The van der Waals surface area contributed by atoms with Gasteiger partial charge in [0.1, 0.15) is 0 Å². The number of ether oxygens (including phenoxy) is 1. The summed E-state index contributed by atoms with van der Waals surface area (Å²) < 4.78 is 29.6. The molecule has 2 aliphatic rings. The number of hydrogen-bond acceptors (Lipinski definition) is 3. The highest BCUT2D eigenvalue weighted by molar-refractivity contribution is 5.27. The molecule has 2 heterocycles. The van der Waals surface area contributed by atoms with Crippen LogP contribution in [0.25, 0.3) is 0 Å². The van der Waals surface area contributed by atoms with Crippen LogP contribution < -0.4 is 4.74 Å². The molecule has 3 nitrogen and oxygen atoms in total. The average molecular weight is 352 g/mol. The molecule has 0 amide bonds. The lowest BCUT2D eigenvalue weighted by Crippen LogP contribution is -2.29. The van der Waals surface area contributed by atoms with Gasteiger partial charge in [0.15, 0.2) is 6.61 Å². The summed E-state index contributed by atoms with van der Waals surface area (Å²) in [6, 6.07) is 3.72. The molecule has 25 heavy (non-hydrogen) atoms. The summed E-state index contributed by atoms with van der Waals surface area (Å²) in [6.07, 6.45) is 6.27. The van der Waals surface area contributed by atoms with Crippen LogP contribution in [-0.2, 0) is 12.8 Å². The summed E-state index contributed by atoms with van der Waals surface area (Å²) in [4.78, 5) is 7.00. The van der Waals surface area contributed by atoms with Crippen molar-refractivity contribution in [2.75, 3.05) is 26.2 Å². The summed E-state index contributed by atoms with van der Waals surface area (Å²) in [5.41, 5.74) is 2.25. The van der Waals surface area contributed by atoms with Crippen molar-refractivity contribution in [3.63, 3.8) is 0 Å². The van der Waals surface area contributed by atoms with Crippen LogP contribution in [0.5, 0.6) is 5.88 Å². The molecule has 1 aliphatic heterocycles. The molecule has 0 spiro atoms. The van der Waals surface area contributed by atoms with E-state index in [1.807, 2.05) is 6.07 Å². The molecule has 0 atom stereocenters. The highest BCUT2D eigenvalue weighted by atomic mass is 19.3. The van der Waals surface area contributed by atoms with Gasteiger partial charge in [-0.1, -0.05) is 38.7 Å². The maximum atomic E-state index is 12.3. The Bertz CT molecular complexity index is 544. The molecule has 1 aromatic heterocycles. The van der Waals surface area contributed by atoms with Crippen LogP contribution in [0.2, 0.25) is 0 Å². The molecule has 1 aromatic rings. The van der Waals surface area contributed by atoms with Crippen LogP contribution in [-0.4, -0.2) is 42.6 Å². The van der Waals surface area contributed by atoms with Crippen molar-refractivity contribution >= 4 is 0 Å². The Morgan fingerprint density at radius 1 is 1.16 bits per heavy atom. The van der Waals surface area contributed by atoms with Crippen LogP contribution in [0, 0.1) is 11.8 Å². The van der Waals surface area contributed by atoms with Gasteiger partial charge in [0.2, 0.25) is 5.88 Å². The quantitative estimate of drug-likeness (QED) is 0.761. The lowest BCUT2D eigenvalue weighted by atomic mass is 9.81. The molecule has 0 saturated heterocycles. The molecule has 3 rings (SSSR count). The molecule has 1 aliphatic carbocycles. The van der Waals surface area contributed by atoms with Crippen LogP contribution >= 0.6 is 0 Å². The summed E-state index contributed by atoms with van der Waals surface area (Å²) in [5.74, 6) is 2.13. The average Bonchev–Trinajstić information content (AvgIpc) is 2.81. The monoisotopic (exact) mass is 352 g/mol. The molecule has 140 valence electrons. The maximum absolute atomic E-state index is 12.3. The molecule has 1 saturated carbocycles. The van der Waals surface area contributed by atoms with E-state index in [2.05, 4.69) is 16.8 Å². The first-order valence-corrected chi connectivity index (χ1v) is 9.72. The lowest BCUT2D eigenvalue weighted by molar-refractivity contribution is 0.0794. The third-order valence-corrected chi connectivity index (χ3v) is 5.75. The van der Waals surface area contributed by atoms with Gasteiger partial charge in [-0.2, -0.15) is 0 Å². The summed E-state index contributed by atoms with van der Waals surface area (Å²) in [5, 5.41) is 0. The van der Waals surface area contributed by atoms with Crippen molar-refractivity contribution in [2.24, 2.45) is 11.8 Å². The molecular weight excluding hydrogens is 322 g/mol. The van der Waals surface area contributed by atoms with E-state index in [1.54, 1.807) is 6.07 Å². The van der Waals surface area contributed by atoms with Gasteiger partial charge in [-0.3, -0.25) is 0 Å². The smallest absolute Gasteiger partial charge is 0.272 e. The van der Waals surface area contributed by atoms with Gasteiger partial charge in [0.05, 0.1) is 0 Å². The summed E-state index contributed by atoms with van der Waals surface area (Å²) >= 11 is 0. The van der Waals surface area contributed by atoms with E-state index >= 15 is 0 Å². The number of hydrogen-bond donors (Lipinski definition) is 0. The van der Waals surface area contributed by atoms with Crippen LogP contribution in [0.3, 0.4) is 0 Å². The minimum atomic E-state index is -2.46. The molecule has 0 aromatic carbocycles. The number of nitrogens with zero attached hydrogens (tertiary/aromatic N) is 2. The third kappa shape index (κ3) is 5.63. The zero-order chi connectivity index (χ0) is 17.6. The van der Waals surface area contributed by atoms with Crippen molar-refractivity contribution in [3.8, 4) is 5.88 Å². The lowest BCUT2D eigenvalue weighted by Gasteiger charge is -2.28. The van der Waals surface area contributed by atoms with Crippen molar-refractivity contribution < 1.29 is 13.5 Å².